The van der Waals surface area contributed by atoms with Gasteiger partial charge in [0, 0.05) is 62.6 Å². The van der Waals surface area contributed by atoms with Crippen LogP contribution in [0.2, 0.25) is 5.02 Å². The molecular formula is C25H29ClN6O2. The molecule has 0 saturated carbocycles. The Morgan fingerprint density at radius 1 is 1.12 bits per heavy atom. The lowest BCUT2D eigenvalue weighted by Gasteiger charge is -2.29. The van der Waals surface area contributed by atoms with E-state index in [9.17, 15) is 4.79 Å². The van der Waals surface area contributed by atoms with Gasteiger partial charge in [-0.25, -0.2) is 9.97 Å². The molecular weight excluding hydrogens is 452 g/mol. The number of piperazine rings is 1. The van der Waals surface area contributed by atoms with Crippen molar-refractivity contribution in [2.75, 3.05) is 50.6 Å². The summed E-state index contributed by atoms with van der Waals surface area (Å²) in [4.78, 5) is 23.3. The standard InChI is InChI=1S/C25H29ClN6O2/c1-27-24(33)19-13-18(23(26)22(14-19)34-2)4-3-17-15-29-25(30-16-17)31-20-5-7-21(8-6-20)32-11-9-28-10-12-32/h5-8,13-16,28H,3-4,9-12H2,1-2H3,(H,27,33)(H,29,30,31). The number of halogens is 1. The van der Waals surface area contributed by atoms with E-state index in [4.69, 9.17) is 16.3 Å². The molecule has 0 radical (unpaired) electrons. The number of hydrogen-bond donors (Lipinski definition) is 3. The van der Waals surface area contributed by atoms with Crippen molar-refractivity contribution in [1.82, 2.24) is 20.6 Å². The SMILES string of the molecule is CNC(=O)c1cc(CCc2cnc(Nc3ccc(N4CCNCC4)cc3)nc2)c(Cl)c(OC)c1. The highest BCUT2D eigenvalue weighted by Crippen LogP contribution is 2.31. The van der Waals surface area contributed by atoms with Crippen molar-refractivity contribution in [3.8, 4) is 5.75 Å². The number of ether oxygens (including phenoxy) is 1. The summed E-state index contributed by atoms with van der Waals surface area (Å²) in [6.07, 6.45) is 4.92. The van der Waals surface area contributed by atoms with Crippen molar-refractivity contribution in [2.45, 2.75) is 12.8 Å². The van der Waals surface area contributed by atoms with Crippen LogP contribution in [0.3, 0.4) is 0 Å². The number of nitrogens with zero attached hydrogens (tertiary/aromatic N) is 3. The van der Waals surface area contributed by atoms with Gasteiger partial charge in [-0.15, -0.1) is 0 Å². The molecule has 2 heterocycles. The number of amides is 1. The quantitative estimate of drug-likeness (QED) is 0.455. The second-order valence-corrected chi connectivity index (χ2v) is 8.43. The van der Waals surface area contributed by atoms with Gasteiger partial charge in [-0.2, -0.15) is 0 Å². The first kappa shape index (κ1) is 23.8. The second kappa shape index (κ2) is 11.2. The highest BCUT2D eigenvalue weighted by molar-refractivity contribution is 6.33. The molecule has 9 heteroatoms. The zero-order valence-electron chi connectivity index (χ0n) is 19.4. The highest BCUT2D eigenvalue weighted by atomic mass is 35.5. The number of aromatic nitrogens is 2. The molecule has 3 N–H and O–H groups in total. The van der Waals surface area contributed by atoms with Crippen LogP contribution in [0.25, 0.3) is 0 Å². The van der Waals surface area contributed by atoms with Crippen LogP contribution in [0.1, 0.15) is 21.5 Å². The van der Waals surface area contributed by atoms with E-state index in [1.807, 2.05) is 12.1 Å². The smallest absolute Gasteiger partial charge is 0.251 e. The van der Waals surface area contributed by atoms with Crippen LogP contribution in [0.15, 0.2) is 48.8 Å². The summed E-state index contributed by atoms with van der Waals surface area (Å²) in [5.41, 5.74) is 4.49. The van der Waals surface area contributed by atoms with Gasteiger partial charge in [-0.1, -0.05) is 11.6 Å². The van der Waals surface area contributed by atoms with Crippen molar-refractivity contribution >= 4 is 34.8 Å². The Bertz CT molecular complexity index is 1120. The molecule has 1 aromatic heterocycles. The number of aryl methyl sites for hydroxylation is 2. The van der Waals surface area contributed by atoms with Gasteiger partial charge in [0.1, 0.15) is 5.75 Å². The molecule has 0 atom stereocenters. The molecule has 0 bridgehead atoms. The van der Waals surface area contributed by atoms with Crippen LogP contribution in [0.4, 0.5) is 17.3 Å². The van der Waals surface area contributed by atoms with Gasteiger partial charge in [0.25, 0.3) is 5.91 Å². The van der Waals surface area contributed by atoms with Crippen molar-refractivity contribution in [3.63, 3.8) is 0 Å². The van der Waals surface area contributed by atoms with Gasteiger partial charge in [0.05, 0.1) is 12.1 Å². The molecule has 1 fully saturated rings. The topological polar surface area (TPSA) is 91.4 Å². The summed E-state index contributed by atoms with van der Waals surface area (Å²) in [5.74, 6) is 0.840. The molecule has 0 aliphatic carbocycles. The number of carbonyl (C=O) groups excluding carboxylic acids is 1. The minimum Gasteiger partial charge on any atom is -0.495 e. The fourth-order valence-electron chi connectivity index (χ4n) is 3.90. The zero-order chi connectivity index (χ0) is 23.9. The molecule has 0 unspecified atom stereocenters. The molecule has 1 aliphatic heterocycles. The molecule has 1 amide bonds. The predicted molar refractivity (Wildman–Crippen MR) is 136 cm³/mol. The van der Waals surface area contributed by atoms with E-state index >= 15 is 0 Å². The fourth-order valence-corrected chi connectivity index (χ4v) is 4.18. The van der Waals surface area contributed by atoms with Gasteiger partial charge in [-0.05, 0) is 60.4 Å². The molecule has 178 valence electrons. The second-order valence-electron chi connectivity index (χ2n) is 8.05. The minimum atomic E-state index is -0.184. The first-order valence-corrected chi connectivity index (χ1v) is 11.7. The van der Waals surface area contributed by atoms with Crippen molar-refractivity contribution in [3.05, 3.63) is 70.5 Å². The Balaban J connectivity index is 1.37. The third-order valence-corrected chi connectivity index (χ3v) is 6.25. The fraction of sp³-hybridized carbons (Fsp3) is 0.320. The van der Waals surface area contributed by atoms with Crippen LogP contribution in [0, 0.1) is 0 Å². The Morgan fingerprint density at radius 2 is 1.82 bits per heavy atom. The van der Waals surface area contributed by atoms with Crippen molar-refractivity contribution in [2.24, 2.45) is 0 Å². The number of hydrogen-bond acceptors (Lipinski definition) is 7. The maximum absolute atomic E-state index is 12.1. The average Bonchev–Trinajstić information content (AvgIpc) is 2.89. The maximum atomic E-state index is 12.1. The van der Waals surface area contributed by atoms with Crippen LogP contribution < -0.4 is 25.6 Å². The molecule has 2 aromatic carbocycles. The average molecular weight is 481 g/mol. The Hall–Kier alpha value is -3.36. The number of rotatable bonds is 8. The monoisotopic (exact) mass is 480 g/mol. The Morgan fingerprint density at radius 3 is 2.47 bits per heavy atom. The van der Waals surface area contributed by atoms with Crippen molar-refractivity contribution < 1.29 is 9.53 Å². The zero-order valence-corrected chi connectivity index (χ0v) is 20.2. The number of benzene rings is 2. The maximum Gasteiger partial charge on any atom is 0.251 e. The lowest BCUT2D eigenvalue weighted by atomic mass is 10.0. The van der Waals surface area contributed by atoms with Gasteiger partial charge in [-0.3, -0.25) is 4.79 Å². The van der Waals surface area contributed by atoms with E-state index in [2.05, 4.69) is 43.0 Å². The Labute approximate surface area is 204 Å². The van der Waals surface area contributed by atoms with Crippen LogP contribution in [-0.4, -0.2) is 56.2 Å². The summed E-state index contributed by atoms with van der Waals surface area (Å²) < 4.78 is 5.34. The van der Waals surface area contributed by atoms with E-state index in [0.717, 1.165) is 43.0 Å². The van der Waals surface area contributed by atoms with E-state index < -0.39 is 0 Å². The van der Waals surface area contributed by atoms with Gasteiger partial charge in [0.2, 0.25) is 5.95 Å². The van der Waals surface area contributed by atoms with Gasteiger partial charge >= 0.3 is 0 Å². The van der Waals surface area contributed by atoms with Gasteiger partial charge in [0.15, 0.2) is 0 Å². The number of nitrogens with one attached hydrogen (secondary N) is 3. The highest BCUT2D eigenvalue weighted by Gasteiger charge is 2.14. The third-order valence-electron chi connectivity index (χ3n) is 5.82. The first-order chi connectivity index (χ1) is 16.6. The molecule has 1 saturated heterocycles. The summed E-state index contributed by atoms with van der Waals surface area (Å²) in [5, 5.41) is 9.76. The predicted octanol–water partition coefficient (Wildman–Crippen LogP) is 3.44. The molecule has 4 rings (SSSR count). The lowest BCUT2D eigenvalue weighted by molar-refractivity contribution is 0.0962. The number of anilines is 3. The van der Waals surface area contributed by atoms with Gasteiger partial charge < -0.3 is 25.6 Å². The summed E-state index contributed by atoms with van der Waals surface area (Å²) in [6.45, 7) is 4.07. The Kier molecular flexibility index (Phi) is 7.82. The molecule has 34 heavy (non-hydrogen) atoms. The molecule has 0 spiro atoms. The van der Waals surface area contributed by atoms with Crippen LogP contribution in [0.5, 0.6) is 5.75 Å². The van der Waals surface area contributed by atoms with E-state index in [0.29, 0.717) is 35.1 Å². The van der Waals surface area contributed by atoms with E-state index in [1.165, 1.54) is 12.8 Å². The molecule has 1 aliphatic rings. The number of methoxy groups -OCH3 is 1. The normalized spacial score (nSPS) is 13.4. The largest absolute Gasteiger partial charge is 0.495 e. The van der Waals surface area contributed by atoms with Crippen LogP contribution >= 0.6 is 11.6 Å². The van der Waals surface area contributed by atoms with Crippen molar-refractivity contribution in [1.29, 1.82) is 0 Å². The first-order valence-electron chi connectivity index (χ1n) is 11.3. The minimum absolute atomic E-state index is 0.184. The summed E-state index contributed by atoms with van der Waals surface area (Å²) in [6, 6.07) is 11.8. The van der Waals surface area contributed by atoms with E-state index in [-0.39, 0.29) is 5.91 Å². The van der Waals surface area contributed by atoms with E-state index in [1.54, 1.807) is 31.6 Å². The van der Waals surface area contributed by atoms with Crippen LogP contribution in [-0.2, 0) is 12.8 Å². The summed E-state index contributed by atoms with van der Waals surface area (Å²) >= 11 is 6.47. The molecule has 3 aromatic rings. The summed E-state index contributed by atoms with van der Waals surface area (Å²) in [7, 11) is 3.13. The third kappa shape index (κ3) is 5.76. The molecule has 8 nitrogen and oxygen atoms in total. The number of carbonyl (C=O) groups is 1. The lowest BCUT2D eigenvalue weighted by Crippen LogP contribution is -2.43.